The molecule has 0 fully saturated rings. The van der Waals surface area contributed by atoms with E-state index in [1.807, 2.05) is 22.6 Å². The summed E-state index contributed by atoms with van der Waals surface area (Å²) in [6.07, 6.45) is 1.74. The van der Waals surface area contributed by atoms with Crippen LogP contribution in [0, 0.1) is 15.9 Å². The average Bonchev–Trinajstić information content (AvgIpc) is 3.17. The molecule has 1 aliphatic rings. The highest BCUT2D eigenvalue weighted by Crippen LogP contribution is 2.38. The van der Waals surface area contributed by atoms with Crippen LogP contribution in [0.4, 0.5) is 13.2 Å². The van der Waals surface area contributed by atoms with Gasteiger partial charge in [-0.2, -0.15) is 13.2 Å². The summed E-state index contributed by atoms with van der Waals surface area (Å²) in [5, 5.41) is 0.661. The average molecular weight is 707 g/mol. The minimum Gasteiger partial charge on any atom is -0.479 e. The number of ether oxygens (including phenoxy) is 2. The Hall–Kier alpha value is -2.79. The van der Waals surface area contributed by atoms with E-state index in [4.69, 9.17) is 39.1 Å². The number of halogens is 6. The summed E-state index contributed by atoms with van der Waals surface area (Å²) in [6.45, 7) is 1.22. The molecule has 4 rings (SSSR count). The Balaban J connectivity index is 2.05. The van der Waals surface area contributed by atoms with Gasteiger partial charge in [-0.3, -0.25) is 9.36 Å². The third-order valence-electron chi connectivity index (χ3n) is 5.40. The van der Waals surface area contributed by atoms with Gasteiger partial charge in [0.1, 0.15) is 12.4 Å². The lowest BCUT2D eigenvalue weighted by Gasteiger charge is -2.26. The molecule has 0 saturated carbocycles. The molecule has 0 amide bonds. The third-order valence-corrected chi connectivity index (χ3v) is 7.66. The van der Waals surface area contributed by atoms with Crippen LogP contribution in [0.2, 0.25) is 10.0 Å². The minimum atomic E-state index is -5.01. The van der Waals surface area contributed by atoms with E-state index >= 15 is 0 Å². The number of carbonyl (C=O) groups excluding carboxylic acids is 1. The van der Waals surface area contributed by atoms with E-state index in [-0.39, 0.29) is 28.1 Å². The second kappa shape index (κ2) is 11.8. The number of benzene rings is 2. The fraction of sp³-hybridized carbons (Fsp3) is 0.192. The minimum absolute atomic E-state index is 0.0305. The lowest BCUT2D eigenvalue weighted by atomic mass is 9.95. The number of aromatic nitrogens is 1. The molecule has 0 saturated heterocycles. The molecule has 0 spiro atoms. The fourth-order valence-electron chi connectivity index (χ4n) is 3.90. The summed E-state index contributed by atoms with van der Waals surface area (Å²) in [4.78, 5) is 30.1. The molecular weight excluding hydrogens is 691 g/mol. The smallest absolute Gasteiger partial charge is 0.434 e. The topological polar surface area (TPSA) is 69.9 Å². The zero-order chi connectivity index (χ0) is 28.5. The lowest BCUT2D eigenvalue weighted by molar-refractivity contribution is -0.140. The number of nitrogens with zero attached hydrogens (tertiary/aromatic N) is 2. The highest BCUT2D eigenvalue weighted by Gasteiger charge is 2.45. The van der Waals surface area contributed by atoms with E-state index in [2.05, 4.69) is 10.9 Å². The van der Waals surface area contributed by atoms with E-state index in [1.165, 1.54) is 43.3 Å². The highest BCUT2D eigenvalue weighted by molar-refractivity contribution is 14.1. The first-order chi connectivity index (χ1) is 18.5. The molecule has 13 heteroatoms. The van der Waals surface area contributed by atoms with Gasteiger partial charge in [-0.05, 0) is 65.4 Å². The van der Waals surface area contributed by atoms with E-state index in [9.17, 15) is 22.8 Å². The monoisotopic (exact) mass is 706 g/mol. The Kier molecular flexibility index (Phi) is 8.80. The molecule has 2 aromatic carbocycles. The number of carbonyl (C=O) groups is 1. The molecule has 1 atom stereocenters. The number of hydrogen-bond donors (Lipinski definition) is 0. The molecule has 2 heterocycles. The Labute approximate surface area is 247 Å². The van der Waals surface area contributed by atoms with Crippen LogP contribution in [0.15, 0.2) is 57.5 Å². The maximum Gasteiger partial charge on any atom is 0.434 e. The van der Waals surface area contributed by atoms with Crippen molar-refractivity contribution in [2.75, 3.05) is 13.2 Å². The molecule has 1 aromatic heterocycles. The number of alkyl halides is 3. The SMILES string of the molecule is C#CCOc1c(I)cc(Cl)cc1/C=c1\sc2n(c1=O)[C@H](c1ccc(Cl)cc1)C(C(=O)OCC)=C(C(F)(F)F)N=2. The maximum atomic E-state index is 14.2. The van der Waals surface area contributed by atoms with Gasteiger partial charge in [0.2, 0.25) is 0 Å². The molecule has 0 radical (unpaired) electrons. The first kappa shape index (κ1) is 29.2. The van der Waals surface area contributed by atoms with Crippen molar-refractivity contribution in [3.8, 4) is 18.1 Å². The standard InChI is InChI=1S/C26H16Cl2F3IN2O4S/c1-3-9-38-21-14(10-16(28)12-17(21)32)11-18-23(35)34-20(13-5-7-15(27)8-6-13)19(24(36)37-4-2)22(26(29,30)31)33-25(34)39-18/h1,5-8,10-12,20H,4,9H2,2H3/b18-11-/t20-/m1/s1. The number of hydrogen-bond acceptors (Lipinski definition) is 6. The highest BCUT2D eigenvalue weighted by atomic mass is 127. The van der Waals surface area contributed by atoms with E-state index in [0.717, 1.165) is 15.9 Å². The van der Waals surface area contributed by atoms with Crippen molar-refractivity contribution in [2.24, 2.45) is 4.99 Å². The quantitative estimate of drug-likeness (QED) is 0.199. The summed E-state index contributed by atoms with van der Waals surface area (Å²) in [5.41, 5.74) is -2.33. The predicted molar refractivity (Wildman–Crippen MR) is 151 cm³/mol. The molecule has 0 aliphatic carbocycles. The Morgan fingerprint density at radius 2 is 1.95 bits per heavy atom. The molecule has 6 nitrogen and oxygen atoms in total. The van der Waals surface area contributed by atoms with Gasteiger partial charge in [0.25, 0.3) is 5.56 Å². The number of allylic oxidation sites excluding steroid dienone is 1. The van der Waals surface area contributed by atoms with Gasteiger partial charge in [-0.15, -0.1) is 6.42 Å². The third kappa shape index (κ3) is 6.04. The molecule has 1 aliphatic heterocycles. The number of rotatable bonds is 6. The van der Waals surface area contributed by atoms with Gasteiger partial charge in [-0.25, -0.2) is 9.79 Å². The molecular formula is C26H16Cl2F3IN2O4S. The van der Waals surface area contributed by atoms with Crippen LogP contribution in [0.25, 0.3) is 6.08 Å². The summed E-state index contributed by atoms with van der Waals surface area (Å²) in [5.74, 6) is 1.47. The summed E-state index contributed by atoms with van der Waals surface area (Å²) in [7, 11) is 0. The summed E-state index contributed by atoms with van der Waals surface area (Å²) >= 11 is 14.9. The molecule has 3 aromatic rings. The van der Waals surface area contributed by atoms with Gasteiger partial charge in [0.15, 0.2) is 10.5 Å². The summed E-state index contributed by atoms with van der Waals surface area (Å²) in [6, 6.07) is 7.47. The number of thiazole rings is 1. The van der Waals surface area contributed by atoms with Gasteiger partial charge in [-0.1, -0.05) is 52.6 Å². The van der Waals surface area contributed by atoms with Crippen molar-refractivity contribution in [1.82, 2.24) is 4.57 Å². The first-order valence-electron chi connectivity index (χ1n) is 11.1. The molecule has 202 valence electrons. The predicted octanol–water partition coefficient (Wildman–Crippen LogP) is 5.26. The van der Waals surface area contributed by atoms with Crippen LogP contribution >= 0.6 is 57.1 Å². The molecule has 0 N–H and O–H groups in total. The number of terminal acetylenes is 1. The second-order valence-electron chi connectivity index (χ2n) is 7.91. The van der Waals surface area contributed by atoms with Gasteiger partial charge in [0.05, 0.1) is 26.3 Å². The Morgan fingerprint density at radius 1 is 1.26 bits per heavy atom. The van der Waals surface area contributed by atoms with E-state index in [0.29, 0.717) is 24.9 Å². The van der Waals surface area contributed by atoms with Crippen molar-refractivity contribution in [3.63, 3.8) is 0 Å². The maximum absolute atomic E-state index is 14.2. The van der Waals surface area contributed by atoms with Crippen LogP contribution in [-0.2, 0) is 9.53 Å². The van der Waals surface area contributed by atoms with Crippen molar-refractivity contribution < 1.29 is 27.4 Å². The largest absolute Gasteiger partial charge is 0.479 e. The van der Waals surface area contributed by atoms with Crippen molar-refractivity contribution in [2.45, 2.75) is 19.1 Å². The zero-order valence-corrected chi connectivity index (χ0v) is 24.3. The van der Waals surface area contributed by atoms with Gasteiger partial charge in [0, 0.05) is 15.6 Å². The van der Waals surface area contributed by atoms with Crippen LogP contribution in [0.5, 0.6) is 5.75 Å². The zero-order valence-electron chi connectivity index (χ0n) is 19.8. The Morgan fingerprint density at radius 3 is 2.56 bits per heavy atom. The van der Waals surface area contributed by atoms with Crippen molar-refractivity contribution in [3.05, 3.63) is 92.1 Å². The van der Waals surface area contributed by atoms with Gasteiger partial charge < -0.3 is 9.47 Å². The summed E-state index contributed by atoms with van der Waals surface area (Å²) < 4.78 is 55.0. The van der Waals surface area contributed by atoms with Crippen LogP contribution in [0.3, 0.4) is 0 Å². The van der Waals surface area contributed by atoms with Crippen LogP contribution in [-0.4, -0.2) is 29.9 Å². The molecule has 0 unspecified atom stereocenters. The molecule has 39 heavy (non-hydrogen) atoms. The number of fused-ring (bicyclic) bond motifs is 1. The first-order valence-corrected chi connectivity index (χ1v) is 13.7. The number of esters is 1. The van der Waals surface area contributed by atoms with E-state index < -0.39 is 35.0 Å². The molecule has 0 bridgehead atoms. The van der Waals surface area contributed by atoms with Crippen LogP contribution < -0.4 is 19.6 Å². The van der Waals surface area contributed by atoms with Crippen LogP contribution in [0.1, 0.15) is 24.1 Å². The van der Waals surface area contributed by atoms with Crippen molar-refractivity contribution in [1.29, 1.82) is 0 Å². The lowest BCUT2D eigenvalue weighted by Crippen LogP contribution is -2.41. The Bertz CT molecular complexity index is 1710. The van der Waals surface area contributed by atoms with Gasteiger partial charge >= 0.3 is 12.1 Å². The van der Waals surface area contributed by atoms with Crippen molar-refractivity contribution >= 4 is 69.2 Å². The normalized spacial score (nSPS) is 15.4. The van der Waals surface area contributed by atoms with E-state index in [1.54, 1.807) is 6.07 Å². The fourth-order valence-corrected chi connectivity index (χ4v) is 6.23. The second-order valence-corrected chi connectivity index (χ2v) is 11.0.